The van der Waals surface area contributed by atoms with Crippen LogP contribution in [0.25, 0.3) is 0 Å². The number of nitrogens with one attached hydrogen (secondary N) is 1. The summed E-state index contributed by atoms with van der Waals surface area (Å²) in [6, 6.07) is 6.07. The molecule has 1 heterocycles. The van der Waals surface area contributed by atoms with Crippen LogP contribution in [0.2, 0.25) is 0 Å². The third-order valence-corrected chi connectivity index (χ3v) is 3.37. The number of hydrogen-bond acceptors (Lipinski definition) is 4. The summed E-state index contributed by atoms with van der Waals surface area (Å²) in [7, 11) is 1.41. The number of carbonyl (C=O) groups excluding carboxylic acids is 1. The molecular formula is C11H13NO2S. The first-order valence-electron chi connectivity index (χ1n) is 4.86. The molecule has 1 aliphatic rings. The Morgan fingerprint density at radius 1 is 1.60 bits per heavy atom. The van der Waals surface area contributed by atoms with Gasteiger partial charge in [0.15, 0.2) is 0 Å². The van der Waals surface area contributed by atoms with E-state index in [1.807, 2.05) is 23.9 Å². The average Bonchev–Trinajstić information content (AvgIpc) is 2.29. The van der Waals surface area contributed by atoms with Gasteiger partial charge in [0.2, 0.25) is 0 Å². The molecule has 0 bridgehead atoms. The minimum atomic E-state index is -0.196. The van der Waals surface area contributed by atoms with Crippen LogP contribution < -0.4 is 5.32 Å². The Labute approximate surface area is 93.2 Å². The molecule has 1 N–H and O–H groups in total. The maximum absolute atomic E-state index is 11.1. The van der Waals surface area contributed by atoms with Gasteiger partial charge in [0.05, 0.1) is 13.5 Å². The van der Waals surface area contributed by atoms with E-state index in [9.17, 15) is 4.79 Å². The Morgan fingerprint density at radius 2 is 2.47 bits per heavy atom. The minimum absolute atomic E-state index is 0.196. The fourth-order valence-electron chi connectivity index (χ4n) is 1.54. The molecule has 1 aromatic rings. The Morgan fingerprint density at radius 3 is 3.27 bits per heavy atom. The molecule has 1 aliphatic heterocycles. The van der Waals surface area contributed by atoms with Gasteiger partial charge in [-0.15, -0.1) is 11.8 Å². The number of thioether (sulfide) groups is 1. The molecule has 0 unspecified atom stereocenters. The van der Waals surface area contributed by atoms with E-state index in [0.29, 0.717) is 6.42 Å². The monoisotopic (exact) mass is 223 g/mol. The van der Waals surface area contributed by atoms with Crippen LogP contribution in [-0.4, -0.2) is 25.4 Å². The standard InChI is InChI=1S/C11H13NO2S/c1-14-11(13)7-8-2-3-10-9(6-8)12-4-5-15-10/h2-3,6,12H,4-5,7H2,1H3. The third kappa shape index (κ3) is 2.45. The first-order chi connectivity index (χ1) is 7.29. The lowest BCUT2D eigenvalue weighted by Gasteiger charge is -2.17. The zero-order valence-electron chi connectivity index (χ0n) is 8.58. The lowest BCUT2D eigenvalue weighted by atomic mass is 10.1. The molecule has 1 aromatic carbocycles. The third-order valence-electron chi connectivity index (χ3n) is 2.30. The van der Waals surface area contributed by atoms with E-state index in [1.54, 1.807) is 0 Å². The normalized spacial score (nSPS) is 13.9. The van der Waals surface area contributed by atoms with Gasteiger partial charge >= 0.3 is 5.97 Å². The molecule has 2 rings (SSSR count). The van der Waals surface area contributed by atoms with E-state index < -0.39 is 0 Å². The number of carbonyl (C=O) groups is 1. The first kappa shape index (κ1) is 10.4. The van der Waals surface area contributed by atoms with Crippen LogP contribution in [0.1, 0.15) is 5.56 Å². The summed E-state index contributed by atoms with van der Waals surface area (Å²) in [6.07, 6.45) is 0.343. The number of methoxy groups -OCH3 is 1. The topological polar surface area (TPSA) is 38.3 Å². The largest absolute Gasteiger partial charge is 0.469 e. The van der Waals surface area contributed by atoms with Crippen LogP contribution in [0, 0.1) is 0 Å². The van der Waals surface area contributed by atoms with Crippen molar-refractivity contribution in [2.45, 2.75) is 11.3 Å². The number of ether oxygens (including phenoxy) is 1. The van der Waals surface area contributed by atoms with Gasteiger partial charge in [0, 0.05) is 22.9 Å². The molecule has 0 radical (unpaired) electrons. The summed E-state index contributed by atoms with van der Waals surface area (Å²) in [6.45, 7) is 0.985. The quantitative estimate of drug-likeness (QED) is 0.777. The van der Waals surface area contributed by atoms with E-state index >= 15 is 0 Å². The van der Waals surface area contributed by atoms with Crippen molar-refractivity contribution in [2.75, 3.05) is 24.7 Å². The van der Waals surface area contributed by atoms with Crippen molar-refractivity contribution in [3.63, 3.8) is 0 Å². The average molecular weight is 223 g/mol. The van der Waals surface area contributed by atoms with Gasteiger partial charge in [-0.25, -0.2) is 0 Å². The van der Waals surface area contributed by atoms with Crippen molar-refractivity contribution in [2.24, 2.45) is 0 Å². The Hall–Kier alpha value is -1.16. The van der Waals surface area contributed by atoms with Crippen molar-refractivity contribution in [3.8, 4) is 0 Å². The molecule has 0 fully saturated rings. The van der Waals surface area contributed by atoms with Crippen molar-refractivity contribution in [1.29, 1.82) is 0 Å². The Kier molecular flexibility index (Phi) is 3.16. The predicted molar refractivity (Wildman–Crippen MR) is 61.4 cm³/mol. The van der Waals surface area contributed by atoms with Gasteiger partial charge in [-0.3, -0.25) is 4.79 Å². The summed E-state index contributed by atoms with van der Waals surface area (Å²) in [5, 5.41) is 3.32. The molecule has 0 aromatic heterocycles. The molecule has 0 saturated carbocycles. The van der Waals surface area contributed by atoms with E-state index in [4.69, 9.17) is 0 Å². The van der Waals surface area contributed by atoms with Gasteiger partial charge in [-0.2, -0.15) is 0 Å². The molecule has 0 atom stereocenters. The zero-order valence-corrected chi connectivity index (χ0v) is 9.39. The second kappa shape index (κ2) is 4.57. The maximum atomic E-state index is 11.1. The summed E-state index contributed by atoms with van der Waals surface area (Å²) < 4.78 is 4.63. The van der Waals surface area contributed by atoms with E-state index in [-0.39, 0.29) is 5.97 Å². The number of rotatable bonds is 2. The van der Waals surface area contributed by atoms with E-state index in [0.717, 1.165) is 23.5 Å². The van der Waals surface area contributed by atoms with Crippen LogP contribution in [0.5, 0.6) is 0 Å². The van der Waals surface area contributed by atoms with E-state index in [1.165, 1.54) is 12.0 Å². The Balaban J connectivity index is 2.17. The molecule has 0 spiro atoms. The number of fused-ring (bicyclic) bond motifs is 1. The number of anilines is 1. The highest BCUT2D eigenvalue weighted by molar-refractivity contribution is 7.99. The second-order valence-corrected chi connectivity index (χ2v) is 4.50. The van der Waals surface area contributed by atoms with Crippen molar-refractivity contribution >= 4 is 23.4 Å². The number of hydrogen-bond donors (Lipinski definition) is 1. The van der Waals surface area contributed by atoms with E-state index in [2.05, 4.69) is 16.1 Å². The van der Waals surface area contributed by atoms with Crippen LogP contribution in [0.3, 0.4) is 0 Å². The van der Waals surface area contributed by atoms with Crippen molar-refractivity contribution < 1.29 is 9.53 Å². The lowest BCUT2D eigenvalue weighted by Crippen LogP contribution is -2.11. The molecule has 0 aliphatic carbocycles. The highest BCUT2D eigenvalue weighted by Gasteiger charge is 2.10. The SMILES string of the molecule is COC(=O)Cc1ccc2c(c1)NCCS2. The molecule has 0 amide bonds. The first-order valence-corrected chi connectivity index (χ1v) is 5.84. The van der Waals surface area contributed by atoms with Gasteiger partial charge < -0.3 is 10.1 Å². The molecule has 0 saturated heterocycles. The van der Waals surface area contributed by atoms with Crippen LogP contribution in [0.4, 0.5) is 5.69 Å². The fraction of sp³-hybridized carbons (Fsp3) is 0.364. The van der Waals surface area contributed by atoms with Crippen LogP contribution >= 0.6 is 11.8 Å². The molecular weight excluding hydrogens is 210 g/mol. The van der Waals surface area contributed by atoms with Gasteiger partial charge in [0.1, 0.15) is 0 Å². The number of benzene rings is 1. The van der Waals surface area contributed by atoms with Crippen LogP contribution in [0.15, 0.2) is 23.1 Å². The number of esters is 1. The Bertz CT molecular complexity index is 379. The predicted octanol–water partition coefficient (Wildman–Crippen LogP) is 1.92. The van der Waals surface area contributed by atoms with Gasteiger partial charge in [0.25, 0.3) is 0 Å². The maximum Gasteiger partial charge on any atom is 0.309 e. The zero-order chi connectivity index (χ0) is 10.7. The highest BCUT2D eigenvalue weighted by Crippen LogP contribution is 2.31. The summed E-state index contributed by atoms with van der Waals surface area (Å²) in [4.78, 5) is 12.4. The summed E-state index contributed by atoms with van der Waals surface area (Å²) in [5.74, 6) is 0.905. The van der Waals surface area contributed by atoms with Crippen molar-refractivity contribution in [1.82, 2.24) is 0 Å². The molecule has 3 nitrogen and oxygen atoms in total. The fourth-order valence-corrected chi connectivity index (χ4v) is 2.41. The molecule has 80 valence electrons. The summed E-state index contributed by atoms with van der Waals surface area (Å²) >= 11 is 1.84. The highest BCUT2D eigenvalue weighted by atomic mass is 32.2. The summed E-state index contributed by atoms with van der Waals surface area (Å²) in [5.41, 5.74) is 2.13. The minimum Gasteiger partial charge on any atom is -0.469 e. The molecule has 4 heteroatoms. The molecule has 15 heavy (non-hydrogen) atoms. The lowest BCUT2D eigenvalue weighted by molar-refractivity contribution is -0.139. The van der Waals surface area contributed by atoms with Gasteiger partial charge in [-0.1, -0.05) is 6.07 Å². The smallest absolute Gasteiger partial charge is 0.309 e. The van der Waals surface area contributed by atoms with Gasteiger partial charge in [-0.05, 0) is 17.7 Å². The van der Waals surface area contributed by atoms with Crippen molar-refractivity contribution in [3.05, 3.63) is 23.8 Å². The second-order valence-electron chi connectivity index (χ2n) is 3.36. The van der Waals surface area contributed by atoms with Crippen LogP contribution in [-0.2, 0) is 16.0 Å².